The molecule has 0 radical (unpaired) electrons. The molecule has 0 atom stereocenters. The molecule has 1 aliphatic carbocycles. The van der Waals surface area contributed by atoms with E-state index in [9.17, 15) is 0 Å². The second-order valence-electron chi connectivity index (χ2n) is 4.31. The van der Waals surface area contributed by atoms with Gasteiger partial charge in [-0.2, -0.15) is 0 Å². The van der Waals surface area contributed by atoms with Crippen molar-refractivity contribution < 1.29 is 0 Å². The molecular weight excluding hydrogens is 170 g/mol. The van der Waals surface area contributed by atoms with E-state index < -0.39 is 0 Å². The van der Waals surface area contributed by atoms with Crippen LogP contribution in [-0.2, 0) is 0 Å². The Hall–Kier alpha value is -0.720. The fourth-order valence-electron chi connectivity index (χ4n) is 2.20. The Morgan fingerprint density at radius 1 is 1.36 bits per heavy atom. The van der Waals surface area contributed by atoms with Gasteiger partial charge in [0.25, 0.3) is 0 Å². The summed E-state index contributed by atoms with van der Waals surface area (Å²) < 4.78 is 0. The van der Waals surface area contributed by atoms with Gasteiger partial charge in [-0.3, -0.25) is 0 Å². The molecule has 1 heteroatoms. The van der Waals surface area contributed by atoms with Crippen LogP contribution in [0.5, 0.6) is 0 Å². The molecule has 1 saturated carbocycles. The van der Waals surface area contributed by atoms with Crippen molar-refractivity contribution in [3.8, 4) is 0 Å². The molecule has 0 aromatic carbocycles. The van der Waals surface area contributed by atoms with Gasteiger partial charge in [0.05, 0.1) is 0 Å². The Bertz CT molecular complexity index is 209. The first kappa shape index (κ1) is 11.4. The molecule has 1 aliphatic rings. The van der Waals surface area contributed by atoms with Crippen LogP contribution in [0.3, 0.4) is 0 Å². The molecule has 0 aliphatic heterocycles. The predicted octanol–water partition coefficient (Wildman–Crippen LogP) is 3.64. The Labute approximate surface area is 88.3 Å². The second-order valence-corrected chi connectivity index (χ2v) is 4.31. The van der Waals surface area contributed by atoms with Gasteiger partial charge < -0.3 is 5.32 Å². The minimum Gasteiger partial charge on any atom is -0.388 e. The molecule has 0 heterocycles. The van der Waals surface area contributed by atoms with E-state index in [2.05, 4.69) is 31.8 Å². The predicted molar refractivity (Wildman–Crippen MR) is 63.1 cm³/mol. The van der Waals surface area contributed by atoms with E-state index in [1.165, 1.54) is 37.8 Å². The number of rotatable bonds is 4. The van der Waals surface area contributed by atoms with Crippen LogP contribution in [0, 0.1) is 5.92 Å². The van der Waals surface area contributed by atoms with Crippen LogP contribution < -0.4 is 5.32 Å². The maximum Gasteiger partial charge on any atom is 0.0140 e. The Balaban J connectivity index is 2.60. The Morgan fingerprint density at radius 2 is 2.00 bits per heavy atom. The molecule has 0 bridgehead atoms. The Morgan fingerprint density at radius 3 is 2.50 bits per heavy atom. The second kappa shape index (κ2) is 5.90. The smallest absolute Gasteiger partial charge is 0.0140 e. The lowest BCUT2D eigenvalue weighted by Crippen LogP contribution is -2.22. The Kier molecular flexibility index (Phi) is 4.78. The number of hydrogen-bond acceptors (Lipinski definition) is 1. The normalized spacial score (nSPS) is 19.4. The maximum absolute atomic E-state index is 3.96. The van der Waals surface area contributed by atoms with Crippen molar-refractivity contribution in [2.45, 2.75) is 46.0 Å². The van der Waals surface area contributed by atoms with Crippen molar-refractivity contribution in [1.82, 2.24) is 5.32 Å². The van der Waals surface area contributed by atoms with E-state index in [0.29, 0.717) is 0 Å². The summed E-state index contributed by atoms with van der Waals surface area (Å²) in [5, 5.41) is 3.48. The van der Waals surface area contributed by atoms with Gasteiger partial charge in [0.2, 0.25) is 0 Å². The molecule has 1 nitrogen and oxygen atoms in total. The van der Waals surface area contributed by atoms with Crippen LogP contribution in [0.2, 0.25) is 0 Å². The molecule has 14 heavy (non-hydrogen) atoms. The van der Waals surface area contributed by atoms with Crippen molar-refractivity contribution in [2.24, 2.45) is 5.92 Å². The minimum absolute atomic E-state index is 0.764. The summed E-state index contributed by atoms with van der Waals surface area (Å²) in [6.45, 7) is 9.21. The SMILES string of the molecule is C=C(C)/C=C(\NCC)C1CCCCC1. The van der Waals surface area contributed by atoms with E-state index >= 15 is 0 Å². The third kappa shape index (κ3) is 3.57. The largest absolute Gasteiger partial charge is 0.388 e. The van der Waals surface area contributed by atoms with Gasteiger partial charge in [-0.1, -0.05) is 31.4 Å². The van der Waals surface area contributed by atoms with Crippen LogP contribution in [0.1, 0.15) is 46.0 Å². The van der Waals surface area contributed by atoms with E-state index in [0.717, 1.165) is 18.0 Å². The standard InChI is InChI=1S/C13H23N/c1-4-14-13(10-11(2)3)12-8-6-5-7-9-12/h10,12,14H,2,4-9H2,1,3H3/b13-10-. The molecular formula is C13H23N. The summed E-state index contributed by atoms with van der Waals surface area (Å²) in [6, 6.07) is 0. The molecule has 0 saturated heterocycles. The highest BCUT2D eigenvalue weighted by Crippen LogP contribution is 2.28. The average molecular weight is 193 g/mol. The molecule has 80 valence electrons. The summed E-state index contributed by atoms with van der Waals surface area (Å²) >= 11 is 0. The van der Waals surface area contributed by atoms with Gasteiger partial charge in [0, 0.05) is 12.2 Å². The lowest BCUT2D eigenvalue weighted by molar-refractivity contribution is 0.387. The molecule has 0 unspecified atom stereocenters. The highest BCUT2D eigenvalue weighted by molar-refractivity contribution is 5.19. The van der Waals surface area contributed by atoms with Gasteiger partial charge in [-0.15, -0.1) is 0 Å². The summed E-state index contributed by atoms with van der Waals surface area (Å²) in [6.07, 6.45) is 9.13. The first-order chi connectivity index (χ1) is 6.74. The van der Waals surface area contributed by atoms with Crippen LogP contribution in [0.4, 0.5) is 0 Å². The van der Waals surface area contributed by atoms with Crippen molar-refractivity contribution in [2.75, 3.05) is 6.54 Å². The zero-order valence-electron chi connectivity index (χ0n) is 9.60. The lowest BCUT2D eigenvalue weighted by Gasteiger charge is -2.25. The van der Waals surface area contributed by atoms with Crippen molar-refractivity contribution >= 4 is 0 Å². The first-order valence-corrected chi connectivity index (χ1v) is 5.85. The number of nitrogens with one attached hydrogen (secondary N) is 1. The molecule has 0 aromatic rings. The summed E-state index contributed by atoms with van der Waals surface area (Å²) in [5.74, 6) is 0.764. The van der Waals surface area contributed by atoms with E-state index in [1.807, 2.05) is 0 Å². The van der Waals surface area contributed by atoms with E-state index in [4.69, 9.17) is 0 Å². The van der Waals surface area contributed by atoms with Crippen LogP contribution in [0.15, 0.2) is 23.9 Å². The third-order valence-electron chi connectivity index (χ3n) is 2.83. The van der Waals surface area contributed by atoms with Gasteiger partial charge >= 0.3 is 0 Å². The highest BCUT2D eigenvalue weighted by Gasteiger charge is 2.16. The number of allylic oxidation sites excluding steroid dienone is 3. The molecule has 0 amide bonds. The van der Waals surface area contributed by atoms with Crippen molar-refractivity contribution in [3.63, 3.8) is 0 Å². The van der Waals surface area contributed by atoms with Gasteiger partial charge in [0.1, 0.15) is 0 Å². The quantitative estimate of drug-likeness (QED) is 0.672. The first-order valence-electron chi connectivity index (χ1n) is 5.85. The summed E-state index contributed by atoms with van der Waals surface area (Å²) in [7, 11) is 0. The maximum atomic E-state index is 3.96. The van der Waals surface area contributed by atoms with E-state index in [-0.39, 0.29) is 0 Å². The molecule has 0 aromatic heterocycles. The van der Waals surface area contributed by atoms with Gasteiger partial charge in [0.15, 0.2) is 0 Å². The molecule has 0 spiro atoms. The van der Waals surface area contributed by atoms with Crippen LogP contribution in [0.25, 0.3) is 0 Å². The molecule has 1 N–H and O–H groups in total. The van der Waals surface area contributed by atoms with Crippen LogP contribution in [-0.4, -0.2) is 6.54 Å². The fourth-order valence-corrected chi connectivity index (χ4v) is 2.20. The monoisotopic (exact) mass is 193 g/mol. The fraction of sp³-hybridized carbons (Fsp3) is 0.692. The topological polar surface area (TPSA) is 12.0 Å². The summed E-state index contributed by atoms with van der Waals surface area (Å²) in [4.78, 5) is 0. The summed E-state index contributed by atoms with van der Waals surface area (Å²) in [5.41, 5.74) is 2.58. The van der Waals surface area contributed by atoms with Gasteiger partial charge in [-0.05, 0) is 38.7 Å². The third-order valence-corrected chi connectivity index (χ3v) is 2.83. The molecule has 1 fully saturated rings. The van der Waals surface area contributed by atoms with Crippen molar-refractivity contribution in [3.05, 3.63) is 23.9 Å². The highest BCUT2D eigenvalue weighted by atomic mass is 14.9. The van der Waals surface area contributed by atoms with Crippen molar-refractivity contribution in [1.29, 1.82) is 0 Å². The zero-order chi connectivity index (χ0) is 10.4. The van der Waals surface area contributed by atoms with E-state index in [1.54, 1.807) is 0 Å². The van der Waals surface area contributed by atoms with Gasteiger partial charge in [-0.25, -0.2) is 0 Å². The average Bonchev–Trinajstić information content (AvgIpc) is 2.18. The molecule has 1 rings (SSSR count). The number of hydrogen-bond donors (Lipinski definition) is 1. The lowest BCUT2D eigenvalue weighted by atomic mass is 9.86. The van der Waals surface area contributed by atoms with Crippen LogP contribution >= 0.6 is 0 Å². The zero-order valence-corrected chi connectivity index (χ0v) is 9.60. The minimum atomic E-state index is 0.764.